The van der Waals surface area contributed by atoms with Gasteiger partial charge in [0.15, 0.2) is 0 Å². The second kappa shape index (κ2) is 7.21. The zero-order chi connectivity index (χ0) is 19.3. The zero-order valence-corrected chi connectivity index (χ0v) is 18.6. The van der Waals surface area contributed by atoms with Gasteiger partial charge in [-0.25, -0.2) is 5.01 Å². The maximum absolute atomic E-state index is 6.39. The van der Waals surface area contributed by atoms with Crippen molar-refractivity contribution < 1.29 is 4.74 Å². The molecule has 3 nitrogen and oxygen atoms in total. The van der Waals surface area contributed by atoms with Crippen molar-refractivity contribution in [3.63, 3.8) is 0 Å². The number of hydrogen-bond acceptors (Lipinski definition) is 3. The van der Waals surface area contributed by atoms with E-state index in [9.17, 15) is 0 Å². The molecule has 0 fully saturated rings. The fourth-order valence-corrected chi connectivity index (χ4v) is 4.68. The predicted octanol–water partition coefficient (Wildman–Crippen LogP) is 7.11. The van der Waals surface area contributed by atoms with Crippen molar-refractivity contribution in [2.75, 3.05) is 0 Å². The van der Waals surface area contributed by atoms with Crippen molar-refractivity contribution in [3.8, 4) is 5.75 Å². The number of benzene rings is 3. The minimum Gasteiger partial charge on any atom is -0.464 e. The highest BCUT2D eigenvalue weighted by atomic mass is 79.9. The summed E-state index contributed by atoms with van der Waals surface area (Å²) >= 11 is 13.5. The lowest BCUT2D eigenvalue weighted by molar-refractivity contribution is -0.0194. The molecule has 0 aliphatic carbocycles. The summed E-state index contributed by atoms with van der Waals surface area (Å²) in [6.07, 6.45) is 0.501. The molecule has 2 aliphatic heterocycles. The second-order valence-electron chi connectivity index (χ2n) is 6.83. The third-order valence-corrected chi connectivity index (χ3v) is 6.59. The molecular formula is C22H15Br2ClN2O. The van der Waals surface area contributed by atoms with E-state index in [1.807, 2.05) is 48.5 Å². The summed E-state index contributed by atoms with van der Waals surface area (Å²) in [7, 11) is 0. The SMILES string of the molecule is Clc1ccc2c(c1)[C@@H]1CC(c3ccc(Br)cc3)=NN1[C@@H](c1ccccc1Br)O2. The highest BCUT2D eigenvalue weighted by Gasteiger charge is 2.41. The predicted molar refractivity (Wildman–Crippen MR) is 119 cm³/mol. The summed E-state index contributed by atoms with van der Waals surface area (Å²) < 4.78 is 8.45. The minimum absolute atomic E-state index is 0.0817. The van der Waals surface area contributed by atoms with Gasteiger partial charge in [-0.2, -0.15) is 5.10 Å². The monoisotopic (exact) mass is 516 g/mol. The molecule has 2 aliphatic rings. The lowest BCUT2D eigenvalue weighted by atomic mass is 9.96. The van der Waals surface area contributed by atoms with Gasteiger partial charge in [0.05, 0.1) is 11.8 Å². The molecule has 0 saturated carbocycles. The van der Waals surface area contributed by atoms with Gasteiger partial charge < -0.3 is 4.74 Å². The van der Waals surface area contributed by atoms with Gasteiger partial charge in [-0.15, -0.1) is 0 Å². The quantitative estimate of drug-likeness (QED) is 0.361. The molecule has 0 radical (unpaired) electrons. The maximum Gasteiger partial charge on any atom is 0.214 e. The summed E-state index contributed by atoms with van der Waals surface area (Å²) in [5.74, 6) is 0.860. The Kier molecular flexibility index (Phi) is 4.69. The van der Waals surface area contributed by atoms with E-state index in [2.05, 4.69) is 55.1 Å². The number of ether oxygens (including phenoxy) is 1. The molecule has 3 aromatic rings. The van der Waals surface area contributed by atoms with Crippen LogP contribution < -0.4 is 4.74 Å². The van der Waals surface area contributed by atoms with Crippen LogP contribution in [0.5, 0.6) is 5.75 Å². The Hall–Kier alpha value is -1.82. The Bertz CT molecular complexity index is 1080. The third-order valence-electron chi connectivity index (χ3n) is 5.10. The van der Waals surface area contributed by atoms with Crippen molar-refractivity contribution in [2.45, 2.75) is 18.7 Å². The van der Waals surface area contributed by atoms with Gasteiger partial charge in [0.1, 0.15) is 5.75 Å². The third kappa shape index (κ3) is 3.15. The van der Waals surface area contributed by atoms with Crippen LogP contribution in [-0.2, 0) is 0 Å². The van der Waals surface area contributed by atoms with Crippen LogP contribution in [0, 0.1) is 0 Å². The van der Waals surface area contributed by atoms with Crippen molar-refractivity contribution >= 4 is 49.2 Å². The average molecular weight is 519 g/mol. The van der Waals surface area contributed by atoms with Crippen LogP contribution in [0.25, 0.3) is 0 Å². The molecule has 0 N–H and O–H groups in total. The Morgan fingerprint density at radius 3 is 2.54 bits per heavy atom. The topological polar surface area (TPSA) is 24.8 Å². The number of fused-ring (bicyclic) bond motifs is 3. The van der Waals surface area contributed by atoms with E-state index in [1.165, 1.54) is 0 Å². The van der Waals surface area contributed by atoms with Crippen LogP contribution in [0.2, 0.25) is 5.02 Å². The van der Waals surface area contributed by atoms with Gasteiger partial charge in [0, 0.05) is 31.5 Å². The second-order valence-corrected chi connectivity index (χ2v) is 9.03. The standard InChI is InChI=1S/C22H15Br2ClN2O/c23-14-7-5-13(6-8-14)19-12-20-17-11-15(25)9-10-21(17)28-22(27(20)26-19)16-3-1-2-4-18(16)24/h1-11,20,22H,12H2/t20-,22+/m0/s1. The smallest absolute Gasteiger partial charge is 0.214 e. The first-order valence-corrected chi connectivity index (χ1v) is 10.9. The Morgan fingerprint density at radius 2 is 1.75 bits per heavy atom. The van der Waals surface area contributed by atoms with Crippen molar-refractivity contribution in [1.29, 1.82) is 0 Å². The normalized spacial score (nSPS) is 20.2. The van der Waals surface area contributed by atoms with E-state index in [-0.39, 0.29) is 12.3 Å². The fourth-order valence-electron chi connectivity index (χ4n) is 3.76. The van der Waals surface area contributed by atoms with Crippen LogP contribution in [0.15, 0.2) is 80.8 Å². The maximum atomic E-state index is 6.39. The molecule has 6 heteroatoms. The summed E-state index contributed by atoms with van der Waals surface area (Å²) in [4.78, 5) is 0. The number of nitrogens with zero attached hydrogens (tertiary/aromatic N) is 2. The molecule has 0 unspecified atom stereocenters. The van der Waals surface area contributed by atoms with Gasteiger partial charge in [0.25, 0.3) is 0 Å². The summed E-state index contributed by atoms with van der Waals surface area (Å²) in [6.45, 7) is 0. The summed E-state index contributed by atoms with van der Waals surface area (Å²) in [5.41, 5.74) is 4.29. The van der Waals surface area contributed by atoms with Crippen LogP contribution in [0.1, 0.15) is 35.4 Å². The number of halogens is 3. The number of hydrazone groups is 1. The van der Waals surface area contributed by atoms with Crippen molar-refractivity contribution in [2.24, 2.45) is 5.10 Å². The summed E-state index contributed by atoms with van der Waals surface area (Å²) in [5, 5.41) is 7.76. The Balaban J connectivity index is 1.62. The molecule has 3 aromatic carbocycles. The molecule has 0 bridgehead atoms. The minimum atomic E-state index is -0.304. The van der Waals surface area contributed by atoms with Crippen LogP contribution in [-0.4, -0.2) is 10.7 Å². The summed E-state index contributed by atoms with van der Waals surface area (Å²) in [6, 6.07) is 22.3. The van der Waals surface area contributed by atoms with Crippen LogP contribution >= 0.6 is 43.5 Å². The van der Waals surface area contributed by atoms with Gasteiger partial charge >= 0.3 is 0 Å². The van der Waals surface area contributed by atoms with E-state index >= 15 is 0 Å². The van der Waals surface area contributed by atoms with E-state index in [4.69, 9.17) is 21.4 Å². The molecule has 2 heterocycles. The first-order valence-electron chi connectivity index (χ1n) is 8.92. The molecule has 140 valence electrons. The van der Waals surface area contributed by atoms with E-state index in [1.54, 1.807) is 0 Å². The molecule has 5 rings (SSSR count). The van der Waals surface area contributed by atoms with Gasteiger partial charge in [-0.05, 0) is 42.0 Å². The number of rotatable bonds is 2. The average Bonchev–Trinajstić information content (AvgIpc) is 3.14. The molecule has 0 amide bonds. The van der Waals surface area contributed by atoms with Crippen LogP contribution in [0.4, 0.5) is 0 Å². The lowest BCUT2D eigenvalue weighted by Gasteiger charge is -2.38. The Labute approximate surface area is 185 Å². The zero-order valence-electron chi connectivity index (χ0n) is 14.6. The molecule has 0 saturated heterocycles. The fraction of sp³-hybridized carbons (Fsp3) is 0.136. The van der Waals surface area contributed by atoms with Gasteiger partial charge in [0.2, 0.25) is 6.23 Å². The Morgan fingerprint density at radius 1 is 0.964 bits per heavy atom. The van der Waals surface area contributed by atoms with Gasteiger partial charge in [-0.1, -0.05) is 73.8 Å². The highest BCUT2D eigenvalue weighted by molar-refractivity contribution is 9.10. The molecule has 2 atom stereocenters. The highest BCUT2D eigenvalue weighted by Crippen LogP contribution is 2.49. The molecule has 0 spiro atoms. The van der Waals surface area contributed by atoms with E-state index in [0.717, 1.165) is 43.5 Å². The number of hydrogen-bond donors (Lipinski definition) is 0. The molecule has 28 heavy (non-hydrogen) atoms. The van der Waals surface area contributed by atoms with Crippen LogP contribution in [0.3, 0.4) is 0 Å². The van der Waals surface area contributed by atoms with Crippen molar-refractivity contribution in [1.82, 2.24) is 5.01 Å². The lowest BCUT2D eigenvalue weighted by Crippen LogP contribution is -2.33. The van der Waals surface area contributed by atoms with Gasteiger partial charge in [-0.3, -0.25) is 0 Å². The largest absolute Gasteiger partial charge is 0.464 e. The molecule has 0 aromatic heterocycles. The van der Waals surface area contributed by atoms with E-state index in [0.29, 0.717) is 5.02 Å². The van der Waals surface area contributed by atoms with Crippen molar-refractivity contribution in [3.05, 3.63) is 97.4 Å². The first-order chi connectivity index (χ1) is 13.6. The molecular weight excluding hydrogens is 504 g/mol. The van der Waals surface area contributed by atoms with E-state index < -0.39 is 0 Å². The first kappa shape index (κ1) is 18.2.